The molecule has 128 valence electrons. The fraction of sp³-hybridized carbons (Fsp3) is 0.944. The first-order chi connectivity index (χ1) is 10.7. The molecule has 1 atom stereocenters. The van der Waals surface area contributed by atoms with E-state index in [4.69, 9.17) is 4.74 Å². The summed E-state index contributed by atoms with van der Waals surface area (Å²) in [6.45, 7) is 9.15. The number of rotatable bonds is 7. The Kier molecular flexibility index (Phi) is 7.67. The number of ether oxygens (including phenoxy) is 1. The number of carbonyl (C=O) groups excluding carboxylic acids is 1. The summed E-state index contributed by atoms with van der Waals surface area (Å²) in [4.78, 5) is 17.0. The van der Waals surface area contributed by atoms with Crippen molar-refractivity contribution in [1.82, 2.24) is 9.80 Å². The zero-order valence-electron chi connectivity index (χ0n) is 14.6. The van der Waals surface area contributed by atoms with Crippen molar-refractivity contribution < 1.29 is 9.53 Å². The molecular formula is C18H34N2O2. The number of morpholine rings is 1. The molecular weight excluding hydrogens is 276 g/mol. The van der Waals surface area contributed by atoms with E-state index >= 15 is 0 Å². The molecule has 4 nitrogen and oxygen atoms in total. The van der Waals surface area contributed by atoms with Crippen molar-refractivity contribution in [3.8, 4) is 0 Å². The molecule has 0 spiro atoms. The Morgan fingerprint density at radius 3 is 2.50 bits per heavy atom. The molecule has 2 heterocycles. The summed E-state index contributed by atoms with van der Waals surface area (Å²) in [7, 11) is 0. The molecule has 2 aliphatic rings. The summed E-state index contributed by atoms with van der Waals surface area (Å²) in [6.07, 6.45) is 9.14. The van der Waals surface area contributed by atoms with Crippen LogP contribution in [0.25, 0.3) is 0 Å². The van der Waals surface area contributed by atoms with E-state index < -0.39 is 0 Å². The van der Waals surface area contributed by atoms with E-state index in [1.54, 1.807) is 0 Å². The molecule has 2 rings (SSSR count). The van der Waals surface area contributed by atoms with Gasteiger partial charge in [0.15, 0.2) is 0 Å². The summed E-state index contributed by atoms with van der Waals surface area (Å²) < 4.78 is 5.53. The van der Waals surface area contributed by atoms with Crippen molar-refractivity contribution >= 4 is 5.91 Å². The van der Waals surface area contributed by atoms with E-state index in [2.05, 4.69) is 23.6 Å². The van der Waals surface area contributed by atoms with Crippen LogP contribution in [-0.4, -0.2) is 60.6 Å². The summed E-state index contributed by atoms with van der Waals surface area (Å²) in [5.41, 5.74) is 0. The van der Waals surface area contributed by atoms with Gasteiger partial charge in [0.25, 0.3) is 0 Å². The minimum absolute atomic E-state index is 0.380. The quantitative estimate of drug-likeness (QED) is 0.678. The molecule has 2 saturated heterocycles. The third-order valence-corrected chi connectivity index (χ3v) is 5.20. The molecule has 4 heteroatoms. The van der Waals surface area contributed by atoms with E-state index in [9.17, 15) is 4.79 Å². The number of nitrogens with zero attached hydrogens (tertiary/aromatic N) is 2. The van der Waals surface area contributed by atoms with Crippen LogP contribution in [0.1, 0.15) is 65.2 Å². The lowest BCUT2D eigenvalue weighted by Crippen LogP contribution is -2.53. The predicted molar refractivity (Wildman–Crippen MR) is 90.0 cm³/mol. The van der Waals surface area contributed by atoms with Gasteiger partial charge in [0.2, 0.25) is 5.91 Å². The molecule has 0 saturated carbocycles. The zero-order chi connectivity index (χ0) is 15.8. The van der Waals surface area contributed by atoms with Crippen LogP contribution in [0, 0.1) is 0 Å². The maximum absolute atomic E-state index is 12.3. The van der Waals surface area contributed by atoms with E-state index in [1.807, 2.05) is 0 Å². The highest BCUT2D eigenvalue weighted by Crippen LogP contribution is 2.21. The number of unbranched alkanes of at least 4 members (excludes halogenated alkanes) is 4. The van der Waals surface area contributed by atoms with Gasteiger partial charge in [-0.3, -0.25) is 9.69 Å². The Morgan fingerprint density at radius 2 is 1.82 bits per heavy atom. The van der Waals surface area contributed by atoms with Crippen LogP contribution in [0.3, 0.4) is 0 Å². The molecule has 2 aliphatic heterocycles. The van der Waals surface area contributed by atoms with Crippen LogP contribution in [0.15, 0.2) is 0 Å². The Bertz CT molecular complexity index is 327. The first-order valence-electron chi connectivity index (χ1n) is 9.33. The molecule has 0 aliphatic carbocycles. The summed E-state index contributed by atoms with van der Waals surface area (Å²) in [5, 5.41) is 0. The summed E-state index contributed by atoms with van der Waals surface area (Å²) in [6, 6.07) is 1.17. The Hall–Kier alpha value is -0.610. The van der Waals surface area contributed by atoms with Crippen molar-refractivity contribution in [1.29, 1.82) is 0 Å². The molecule has 0 aromatic carbocycles. The normalized spacial score (nSPS) is 24.6. The van der Waals surface area contributed by atoms with Crippen LogP contribution < -0.4 is 0 Å². The van der Waals surface area contributed by atoms with Crippen molar-refractivity contribution in [2.24, 2.45) is 0 Å². The average Bonchev–Trinajstić information content (AvgIpc) is 2.55. The lowest BCUT2D eigenvalue weighted by molar-refractivity contribution is -0.133. The first kappa shape index (κ1) is 17.7. The fourth-order valence-electron chi connectivity index (χ4n) is 3.77. The number of hydrogen-bond donors (Lipinski definition) is 0. The molecule has 2 fully saturated rings. The van der Waals surface area contributed by atoms with Gasteiger partial charge in [0.05, 0.1) is 13.2 Å². The highest BCUT2D eigenvalue weighted by atomic mass is 16.5. The lowest BCUT2D eigenvalue weighted by Gasteiger charge is -2.43. The van der Waals surface area contributed by atoms with Crippen LogP contribution in [0.2, 0.25) is 0 Å². The van der Waals surface area contributed by atoms with Gasteiger partial charge in [-0.05, 0) is 26.2 Å². The second-order valence-corrected chi connectivity index (χ2v) is 6.94. The highest BCUT2D eigenvalue weighted by Gasteiger charge is 2.30. The molecule has 1 amide bonds. The van der Waals surface area contributed by atoms with Crippen molar-refractivity contribution in [3.05, 3.63) is 0 Å². The van der Waals surface area contributed by atoms with Crippen LogP contribution in [-0.2, 0) is 9.53 Å². The van der Waals surface area contributed by atoms with E-state index in [-0.39, 0.29) is 0 Å². The molecule has 0 radical (unpaired) electrons. The number of likely N-dealkylation sites (tertiary alicyclic amines) is 1. The van der Waals surface area contributed by atoms with Gasteiger partial charge in [-0.2, -0.15) is 0 Å². The minimum Gasteiger partial charge on any atom is -0.379 e. The number of carbonyl (C=O) groups is 1. The molecule has 0 N–H and O–H groups in total. The molecule has 0 unspecified atom stereocenters. The minimum atomic E-state index is 0.380. The predicted octanol–water partition coefficient (Wildman–Crippen LogP) is 3.06. The fourth-order valence-corrected chi connectivity index (χ4v) is 3.77. The van der Waals surface area contributed by atoms with Crippen molar-refractivity contribution in [2.45, 2.75) is 77.3 Å². The molecule has 0 aromatic heterocycles. The van der Waals surface area contributed by atoms with Crippen molar-refractivity contribution in [3.63, 3.8) is 0 Å². The van der Waals surface area contributed by atoms with Gasteiger partial charge in [-0.1, -0.05) is 32.6 Å². The smallest absolute Gasteiger partial charge is 0.222 e. The van der Waals surface area contributed by atoms with Gasteiger partial charge in [-0.25, -0.2) is 0 Å². The number of amides is 1. The van der Waals surface area contributed by atoms with Gasteiger partial charge < -0.3 is 9.64 Å². The average molecular weight is 310 g/mol. The van der Waals surface area contributed by atoms with Crippen LogP contribution in [0.5, 0.6) is 0 Å². The van der Waals surface area contributed by atoms with Crippen LogP contribution >= 0.6 is 0 Å². The Balaban J connectivity index is 1.64. The van der Waals surface area contributed by atoms with E-state index in [1.165, 1.54) is 25.7 Å². The van der Waals surface area contributed by atoms with Gasteiger partial charge in [0, 0.05) is 38.1 Å². The topological polar surface area (TPSA) is 32.8 Å². The largest absolute Gasteiger partial charge is 0.379 e. The third-order valence-electron chi connectivity index (χ3n) is 5.20. The van der Waals surface area contributed by atoms with E-state index in [0.717, 1.165) is 58.5 Å². The number of hydrogen-bond acceptors (Lipinski definition) is 3. The van der Waals surface area contributed by atoms with Crippen molar-refractivity contribution in [2.75, 3.05) is 32.8 Å². The Labute approximate surface area is 136 Å². The lowest BCUT2D eigenvalue weighted by atomic mass is 10.00. The third kappa shape index (κ3) is 5.24. The van der Waals surface area contributed by atoms with E-state index in [0.29, 0.717) is 18.0 Å². The second-order valence-electron chi connectivity index (χ2n) is 6.94. The van der Waals surface area contributed by atoms with Crippen LogP contribution in [0.4, 0.5) is 0 Å². The first-order valence-corrected chi connectivity index (χ1v) is 9.33. The van der Waals surface area contributed by atoms with Gasteiger partial charge in [-0.15, -0.1) is 0 Å². The summed E-state index contributed by atoms with van der Waals surface area (Å²) in [5.74, 6) is 0.380. The molecule has 0 aromatic rings. The highest BCUT2D eigenvalue weighted by molar-refractivity contribution is 5.76. The molecule has 22 heavy (non-hydrogen) atoms. The maximum Gasteiger partial charge on any atom is 0.222 e. The second kappa shape index (κ2) is 9.51. The SMILES string of the molecule is CCCCCCCC(=O)N1CCC(N2CCOC[C@@H]2C)CC1. The zero-order valence-corrected chi connectivity index (χ0v) is 14.6. The standard InChI is InChI=1S/C18H34N2O2/c1-3-4-5-6-7-8-18(21)19-11-9-17(10-12-19)20-13-14-22-15-16(20)2/h16-17H,3-15H2,1-2H3/t16-/m0/s1. The molecule has 0 bridgehead atoms. The monoisotopic (exact) mass is 310 g/mol. The maximum atomic E-state index is 12.3. The van der Waals surface area contributed by atoms with Gasteiger partial charge in [0.1, 0.15) is 0 Å². The summed E-state index contributed by atoms with van der Waals surface area (Å²) >= 11 is 0. The number of piperidine rings is 1. The van der Waals surface area contributed by atoms with Gasteiger partial charge >= 0.3 is 0 Å². The Morgan fingerprint density at radius 1 is 1.09 bits per heavy atom.